The molecule has 0 fully saturated rings. The fourth-order valence-electron chi connectivity index (χ4n) is 1.22. The lowest BCUT2D eigenvalue weighted by atomic mass is 10.3. The molecule has 0 heterocycles. The second-order valence-electron chi connectivity index (χ2n) is 4.05. The van der Waals surface area contributed by atoms with Crippen molar-refractivity contribution < 1.29 is 9.18 Å². The van der Waals surface area contributed by atoms with E-state index in [1.807, 2.05) is 36.4 Å². The molecular formula is C12H16FIN2O. The highest BCUT2D eigenvalue weighted by atomic mass is 127. The Labute approximate surface area is 115 Å². The Morgan fingerprint density at radius 1 is 1.53 bits per heavy atom. The van der Waals surface area contributed by atoms with Gasteiger partial charge in [-0.3, -0.25) is 4.79 Å². The van der Waals surface area contributed by atoms with E-state index in [4.69, 9.17) is 0 Å². The Balaban J connectivity index is 2.62. The third kappa shape index (κ3) is 3.83. The van der Waals surface area contributed by atoms with Crippen molar-refractivity contribution in [3.8, 4) is 0 Å². The Hall–Kier alpha value is -0.850. The van der Waals surface area contributed by atoms with Gasteiger partial charge in [0.05, 0.1) is 15.8 Å². The number of rotatable bonds is 4. The van der Waals surface area contributed by atoms with Crippen LogP contribution in [0, 0.1) is 9.39 Å². The molecule has 3 nitrogen and oxygen atoms in total. The minimum absolute atomic E-state index is 0.0138. The average molecular weight is 350 g/mol. The molecule has 1 amide bonds. The topological polar surface area (TPSA) is 32.3 Å². The SMILES string of the molecule is CC(C)N(C)C(=O)CNc1cccc(F)c1I. The molecule has 0 aliphatic rings. The number of carbonyl (C=O) groups excluding carboxylic acids is 1. The van der Waals surface area contributed by atoms with Crippen molar-refractivity contribution in [2.24, 2.45) is 0 Å². The summed E-state index contributed by atoms with van der Waals surface area (Å²) in [5.74, 6) is -0.291. The van der Waals surface area contributed by atoms with E-state index in [0.717, 1.165) is 0 Å². The lowest BCUT2D eigenvalue weighted by molar-refractivity contribution is -0.129. The highest BCUT2D eigenvalue weighted by Gasteiger charge is 2.12. The summed E-state index contributed by atoms with van der Waals surface area (Å²) in [5.41, 5.74) is 0.649. The molecule has 0 aliphatic heterocycles. The summed E-state index contributed by atoms with van der Waals surface area (Å²) in [4.78, 5) is 13.4. The Bertz CT molecular complexity index is 409. The van der Waals surface area contributed by atoms with Gasteiger partial charge in [-0.05, 0) is 48.6 Å². The molecule has 1 aromatic rings. The quantitative estimate of drug-likeness (QED) is 0.847. The van der Waals surface area contributed by atoms with Gasteiger partial charge in [0.25, 0.3) is 0 Å². The predicted octanol–water partition coefficient (Wildman–Crippen LogP) is 2.71. The minimum Gasteiger partial charge on any atom is -0.375 e. The minimum atomic E-state index is -0.278. The number of nitrogens with one attached hydrogen (secondary N) is 1. The monoisotopic (exact) mass is 350 g/mol. The fraction of sp³-hybridized carbons (Fsp3) is 0.417. The normalized spacial score (nSPS) is 10.5. The standard InChI is InChI=1S/C12H16FIN2O/c1-8(2)16(3)11(17)7-15-10-6-4-5-9(13)12(10)14/h4-6,8,15H,7H2,1-3H3. The van der Waals surface area contributed by atoms with Gasteiger partial charge in [-0.25, -0.2) is 4.39 Å². The zero-order chi connectivity index (χ0) is 13.0. The molecular weight excluding hydrogens is 334 g/mol. The Morgan fingerprint density at radius 2 is 2.18 bits per heavy atom. The van der Waals surface area contributed by atoms with Crippen molar-refractivity contribution in [3.63, 3.8) is 0 Å². The van der Waals surface area contributed by atoms with Crippen LogP contribution in [0.1, 0.15) is 13.8 Å². The zero-order valence-electron chi connectivity index (χ0n) is 10.1. The first-order valence-electron chi connectivity index (χ1n) is 5.37. The van der Waals surface area contributed by atoms with Crippen molar-refractivity contribution in [2.45, 2.75) is 19.9 Å². The van der Waals surface area contributed by atoms with E-state index in [1.165, 1.54) is 6.07 Å². The second-order valence-corrected chi connectivity index (χ2v) is 5.13. The molecule has 0 unspecified atom stereocenters. The van der Waals surface area contributed by atoms with E-state index in [0.29, 0.717) is 9.26 Å². The first kappa shape index (κ1) is 14.2. The van der Waals surface area contributed by atoms with E-state index in [2.05, 4.69) is 5.32 Å². The summed E-state index contributed by atoms with van der Waals surface area (Å²) in [5, 5.41) is 2.95. The summed E-state index contributed by atoms with van der Waals surface area (Å²) >= 11 is 1.92. The Kier molecular flexibility index (Phi) is 5.17. The second kappa shape index (κ2) is 6.18. The lowest BCUT2D eigenvalue weighted by Gasteiger charge is -2.22. The van der Waals surface area contributed by atoms with Gasteiger partial charge in [-0.2, -0.15) is 0 Å². The molecule has 0 atom stereocenters. The van der Waals surface area contributed by atoms with E-state index in [1.54, 1.807) is 24.1 Å². The van der Waals surface area contributed by atoms with Crippen LogP contribution in [-0.4, -0.2) is 30.4 Å². The van der Waals surface area contributed by atoms with Gasteiger partial charge < -0.3 is 10.2 Å². The van der Waals surface area contributed by atoms with Crippen molar-refractivity contribution in [1.82, 2.24) is 4.90 Å². The van der Waals surface area contributed by atoms with Crippen LogP contribution in [0.2, 0.25) is 0 Å². The summed E-state index contributed by atoms with van der Waals surface area (Å²) in [6.07, 6.45) is 0. The average Bonchev–Trinajstić information content (AvgIpc) is 2.29. The van der Waals surface area contributed by atoms with Crippen molar-refractivity contribution in [2.75, 3.05) is 18.9 Å². The van der Waals surface area contributed by atoms with E-state index < -0.39 is 0 Å². The molecule has 0 saturated carbocycles. The fourth-order valence-corrected chi connectivity index (χ4v) is 1.77. The molecule has 1 aromatic carbocycles. The number of hydrogen-bond donors (Lipinski definition) is 1. The van der Waals surface area contributed by atoms with E-state index >= 15 is 0 Å². The third-order valence-electron chi connectivity index (χ3n) is 2.55. The molecule has 0 aliphatic carbocycles. The highest BCUT2D eigenvalue weighted by molar-refractivity contribution is 14.1. The van der Waals surface area contributed by atoms with Crippen molar-refractivity contribution in [3.05, 3.63) is 27.6 Å². The maximum Gasteiger partial charge on any atom is 0.241 e. The molecule has 17 heavy (non-hydrogen) atoms. The first-order chi connectivity index (χ1) is 7.93. The molecule has 0 aromatic heterocycles. The maximum absolute atomic E-state index is 13.2. The van der Waals surface area contributed by atoms with Crippen molar-refractivity contribution >= 4 is 34.2 Å². The van der Waals surface area contributed by atoms with Gasteiger partial charge in [-0.15, -0.1) is 0 Å². The smallest absolute Gasteiger partial charge is 0.241 e. The molecule has 0 spiro atoms. The van der Waals surface area contributed by atoms with Crippen LogP contribution in [0.25, 0.3) is 0 Å². The molecule has 0 bridgehead atoms. The molecule has 0 saturated heterocycles. The van der Waals surface area contributed by atoms with Crippen LogP contribution >= 0.6 is 22.6 Å². The van der Waals surface area contributed by atoms with Crippen LogP contribution in [-0.2, 0) is 4.79 Å². The van der Waals surface area contributed by atoms with Crippen LogP contribution in [0.4, 0.5) is 10.1 Å². The molecule has 0 radical (unpaired) electrons. The molecule has 94 valence electrons. The number of likely N-dealkylation sites (N-methyl/N-ethyl adjacent to an activating group) is 1. The van der Waals surface area contributed by atoms with E-state index in [-0.39, 0.29) is 24.3 Å². The Morgan fingerprint density at radius 3 is 2.76 bits per heavy atom. The molecule has 1 rings (SSSR count). The van der Waals surface area contributed by atoms with Gasteiger partial charge in [-0.1, -0.05) is 6.07 Å². The van der Waals surface area contributed by atoms with Gasteiger partial charge in [0.2, 0.25) is 5.91 Å². The van der Waals surface area contributed by atoms with Crippen LogP contribution in [0.3, 0.4) is 0 Å². The lowest BCUT2D eigenvalue weighted by Crippen LogP contribution is -2.37. The zero-order valence-corrected chi connectivity index (χ0v) is 12.3. The van der Waals surface area contributed by atoms with Gasteiger partial charge in [0, 0.05) is 13.1 Å². The van der Waals surface area contributed by atoms with Gasteiger partial charge >= 0.3 is 0 Å². The number of nitrogens with zero attached hydrogens (tertiary/aromatic N) is 1. The number of amides is 1. The summed E-state index contributed by atoms with van der Waals surface area (Å²) in [7, 11) is 1.76. The highest BCUT2D eigenvalue weighted by Crippen LogP contribution is 2.20. The number of anilines is 1. The maximum atomic E-state index is 13.2. The number of carbonyl (C=O) groups is 1. The number of halogens is 2. The number of benzene rings is 1. The largest absolute Gasteiger partial charge is 0.375 e. The first-order valence-corrected chi connectivity index (χ1v) is 6.45. The molecule has 1 N–H and O–H groups in total. The van der Waals surface area contributed by atoms with Crippen LogP contribution < -0.4 is 5.32 Å². The predicted molar refractivity (Wildman–Crippen MR) is 75.5 cm³/mol. The van der Waals surface area contributed by atoms with Crippen molar-refractivity contribution in [1.29, 1.82) is 0 Å². The van der Waals surface area contributed by atoms with E-state index in [9.17, 15) is 9.18 Å². The molecule has 5 heteroatoms. The number of hydrogen-bond acceptors (Lipinski definition) is 2. The van der Waals surface area contributed by atoms with Gasteiger partial charge in [0.1, 0.15) is 5.82 Å². The third-order valence-corrected chi connectivity index (χ3v) is 3.65. The summed E-state index contributed by atoms with van der Waals surface area (Å²) in [6.45, 7) is 4.07. The van der Waals surface area contributed by atoms with Gasteiger partial charge in [0.15, 0.2) is 0 Å². The van der Waals surface area contributed by atoms with Crippen LogP contribution in [0.15, 0.2) is 18.2 Å². The summed E-state index contributed by atoms with van der Waals surface area (Å²) < 4.78 is 13.8. The summed E-state index contributed by atoms with van der Waals surface area (Å²) in [6, 6.07) is 4.94. The van der Waals surface area contributed by atoms with Crippen LogP contribution in [0.5, 0.6) is 0 Å².